The maximum Gasteiger partial charge on any atom is 0.140 e. The van der Waals surface area contributed by atoms with Gasteiger partial charge < -0.3 is 10.8 Å². The molecule has 0 bridgehead atoms. The number of aliphatic hydroxyl groups excluding tert-OH is 1. The number of rotatable bonds is 9. The van der Waals surface area contributed by atoms with Crippen molar-refractivity contribution in [2.75, 3.05) is 6.61 Å². The molecule has 0 aromatic carbocycles. The number of aliphatic hydroxyl groups is 1. The normalized spacial score (nSPS) is 12.9. The summed E-state index contributed by atoms with van der Waals surface area (Å²) in [4.78, 5) is 22.6. The highest BCUT2D eigenvalue weighted by Gasteiger charge is 2.10. The SMILES string of the molecule is CC=CCCC(=O)CC(=O)CCC(N)CO. The zero-order valence-electron chi connectivity index (χ0n) is 9.82. The fourth-order valence-electron chi connectivity index (χ4n) is 1.25. The highest BCUT2D eigenvalue weighted by atomic mass is 16.3. The second-order valence-electron chi connectivity index (χ2n) is 3.84. The molecule has 0 spiro atoms. The van der Waals surface area contributed by atoms with Crippen LogP contribution in [-0.2, 0) is 9.59 Å². The Morgan fingerprint density at radius 1 is 1.31 bits per heavy atom. The monoisotopic (exact) mass is 227 g/mol. The average Bonchev–Trinajstić information content (AvgIpc) is 2.26. The van der Waals surface area contributed by atoms with E-state index in [1.807, 2.05) is 19.1 Å². The van der Waals surface area contributed by atoms with Crippen LogP contribution in [0.1, 0.15) is 39.0 Å². The lowest BCUT2D eigenvalue weighted by atomic mass is 10.0. The Morgan fingerprint density at radius 3 is 2.50 bits per heavy atom. The lowest BCUT2D eigenvalue weighted by Gasteiger charge is -2.06. The van der Waals surface area contributed by atoms with Crippen molar-refractivity contribution in [1.29, 1.82) is 0 Å². The van der Waals surface area contributed by atoms with Crippen LogP contribution >= 0.6 is 0 Å². The molecule has 0 aliphatic carbocycles. The lowest BCUT2D eigenvalue weighted by Crippen LogP contribution is -2.25. The molecule has 3 N–H and O–H groups in total. The van der Waals surface area contributed by atoms with Crippen molar-refractivity contribution in [2.45, 2.75) is 45.1 Å². The smallest absolute Gasteiger partial charge is 0.140 e. The zero-order valence-corrected chi connectivity index (χ0v) is 9.82. The van der Waals surface area contributed by atoms with Gasteiger partial charge in [0.15, 0.2) is 0 Å². The van der Waals surface area contributed by atoms with Crippen LogP contribution in [0.4, 0.5) is 0 Å². The van der Waals surface area contributed by atoms with E-state index in [9.17, 15) is 9.59 Å². The first kappa shape index (κ1) is 15.0. The molecule has 0 saturated heterocycles. The van der Waals surface area contributed by atoms with Gasteiger partial charge in [-0.2, -0.15) is 0 Å². The van der Waals surface area contributed by atoms with E-state index in [0.717, 1.165) is 0 Å². The number of allylic oxidation sites excluding steroid dienone is 2. The Kier molecular flexibility index (Phi) is 8.66. The van der Waals surface area contributed by atoms with E-state index < -0.39 is 0 Å². The molecule has 92 valence electrons. The van der Waals surface area contributed by atoms with Gasteiger partial charge in [-0.25, -0.2) is 0 Å². The summed E-state index contributed by atoms with van der Waals surface area (Å²) < 4.78 is 0. The number of carbonyl (C=O) groups is 2. The molecule has 1 unspecified atom stereocenters. The van der Waals surface area contributed by atoms with Gasteiger partial charge in [-0.1, -0.05) is 12.2 Å². The number of nitrogens with two attached hydrogens (primary N) is 1. The van der Waals surface area contributed by atoms with Crippen LogP contribution in [0.3, 0.4) is 0 Å². The Hall–Kier alpha value is -1.00. The second-order valence-corrected chi connectivity index (χ2v) is 3.84. The van der Waals surface area contributed by atoms with Crippen molar-refractivity contribution >= 4 is 11.6 Å². The number of hydrogen-bond donors (Lipinski definition) is 2. The Balaban J connectivity index is 3.66. The summed E-state index contributed by atoms with van der Waals surface area (Å²) in [5.74, 6) is -0.116. The number of carbonyl (C=O) groups excluding carboxylic acids is 2. The quantitative estimate of drug-likeness (QED) is 0.454. The van der Waals surface area contributed by atoms with Crippen LogP contribution in [0.5, 0.6) is 0 Å². The molecule has 0 heterocycles. The summed E-state index contributed by atoms with van der Waals surface area (Å²) in [5, 5.41) is 8.66. The maximum atomic E-state index is 11.3. The predicted octanol–water partition coefficient (Wildman–Crippen LogP) is 0.971. The van der Waals surface area contributed by atoms with Crippen molar-refractivity contribution in [3.05, 3.63) is 12.2 Å². The molecule has 0 amide bonds. The van der Waals surface area contributed by atoms with Crippen LogP contribution < -0.4 is 5.73 Å². The van der Waals surface area contributed by atoms with Crippen molar-refractivity contribution in [3.8, 4) is 0 Å². The van der Waals surface area contributed by atoms with Gasteiger partial charge in [-0.3, -0.25) is 9.59 Å². The van der Waals surface area contributed by atoms with E-state index in [1.54, 1.807) is 0 Å². The number of hydrogen-bond acceptors (Lipinski definition) is 4. The highest BCUT2D eigenvalue weighted by Crippen LogP contribution is 2.02. The molecule has 0 rings (SSSR count). The Morgan fingerprint density at radius 2 is 1.94 bits per heavy atom. The van der Waals surface area contributed by atoms with Crippen LogP contribution in [0.15, 0.2) is 12.2 Å². The van der Waals surface area contributed by atoms with Gasteiger partial charge in [0.2, 0.25) is 0 Å². The van der Waals surface area contributed by atoms with Crippen LogP contribution in [0, 0.1) is 0 Å². The molecule has 0 aromatic rings. The minimum absolute atomic E-state index is 0.00426. The third kappa shape index (κ3) is 8.32. The fraction of sp³-hybridized carbons (Fsp3) is 0.667. The molecule has 0 radical (unpaired) electrons. The molecular weight excluding hydrogens is 206 g/mol. The lowest BCUT2D eigenvalue weighted by molar-refractivity contribution is -0.127. The standard InChI is InChI=1S/C12H21NO3/c1-2-3-4-5-11(15)8-12(16)7-6-10(13)9-14/h2-3,10,14H,4-9,13H2,1H3. The molecule has 1 atom stereocenters. The van der Waals surface area contributed by atoms with Gasteiger partial charge in [-0.05, 0) is 19.8 Å². The maximum absolute atomic E-state index is 11.3. The first-order valence-electron chi connectivity index (χ1n) is 5.61. The molecule has 0 aliphatic rings. The summed E-state index contributed by atoms with van der Waals surface area (Å²) in [6, 6.07) is -0.359. The minimum atomic E-state index is -0.359. The van der Waals surface area contributed by atoms with Gasteiger partial charge in [-0.15, -0.1) is 0 Å². The molecule has 16 heavy (non-hydrogen) atoms. The fourth-order valence-corrected chi connectivity index (χ4v) is 1.25. The third-order valence-electron chi connectivity index (χ3n) is 2.25. The van der Waals surface area contributed by atoms with Gasteiger partial charge in [0, 0.05) is 18.9 Å². The molecule has 0 aliphatic heterocycles. The first-order chi connectivity index (χ1) is 7.60. The van der Waals surface area contributed by atoms with E-state index in [-0.39, 0.29) is 37.1 Å². The Bertz CT molecular complexity index is 249. The molecule has 0 fully saturated rings. The van der Waals surface area contributed by atoms with E-state index in [0.29, 0.717) is 19.3 Å². The van der Waals surface area contributed by atoms with Gasteiger partial charge in [0.1, 0.15) is 11.6 Å². The van der Waals surface area contributed by atoms with E-state index >= 15 is 0 Å². The van der Waals surface area contributed by atoms with Gasteiger partial charge >= 0.3 is 0 Å². The average molecular weight is 227 g/mol. The number of Topliss-reactive ketones (excluding diaryl/α,β-unsaturated/α-hetero) is 2. The predicted molar refractivity (Wildman–Crippen MR) is 63.0 cm³/mol. The van der Waals surface area contributed by atoms with Crippen molar-refractivity contribution < 1.29 is 14.7 Å². The molecular formula is C12H21NO3. The summed E-state index contributed by atoms with van der Waals surface area (Å²) >= 11 is 0. The zero-order chi connectivity index (χ0) is 12.4. The topological polar surface area (TPSA) is 80.4 Å². The summed E-state index contributed by atoms with van der Waals surface area (Å²) in [6.07, 6.45) is 5.62. The highest BCUT2D eigenvalue weighted by molar-refractivity contribution is 5.99. The van der Waals surface area contributed by atoms with Crippen LogP contribution in [0.2, 0.25) is 0 Å². The Labute approximate surface area is 96.5 Å². The largest absolute Gasteiger partial charge is 0.395 e. The van der Waals surface area contributed by atoms with Gasteiger partial charge in [0.05, 0.1) is 13.0 Å². The van der Waals surface area contributed by atoms with Crippen molar-refractivity contribution in [1.82, 2.24) is 0 Å². The number of ketones is 2. The second kappa shape index (κ2) is 9.24. The first-order valence-corrected chi connectivity index (χ1v) is 5.61. The van der Waals surface area contributed by atoms with E-state index in [4.69, 9.17) is 10.8 Å². The van der Waals surface area contributed by atoms with Gasteiger partial charge in [0.25, 0.3) is 0 Å². The minimum Gasteiger partial charge on any atom is -0.395 e. The molecule has 4 nitrogen and oxygen atoms in total. The third-order valence-corrected chi connectivity index (χ3v) is 2.25. The van der Waals surface area contributed by atoms with Crippen molar-refractivity contribution in [2.24, 2.45) is 5.73 Å². The van der Waals surface area contributed by atoms with E-state index in [1.165, 1.54) is 0 Å². The summed E-state index contributed by atoms with van der Waals surface area (Å²) in [7, 11) is 0. The van der Waals surface area contributed by atoms with Crippen LogP contribution in [-0.4, -0.2) is 29.3 Å². The molecule has 4 heteroatoms. The summed E-state index contributed by atoms with van der Waals surface area (Å²) in [6.45, 7) is 1.77. The molecule has 0 aromatic heterocycles. The molecule has 0 saturated carbocycles. The summed E-state index contributed by atoms with van der Waals surface area (Å²) in [5.41, 5.74) is 5.45. The van der Waals surface area contributed by atoms with Crippen LogP contribution in [0.25, 0.3) is 0 Å². The van der Waals surface area contributed by atoms with E-state index in [2.05, 4.69) is 0 Å². The van der Waals surface area contributed by atoms with Crippen molar-refractivity contribution in [3.63, 3.8) is 0 Å².